The minimum Gasteiger partial charge on any atom is -0.494 e. The van der Waals surface area contributed by atoms with Crippen LogP contribution in [-0.4, -0.2) is 16.2 Å². The number of nitrogens with two attached hydrogens (primary N) is 1. The summed E-state index contributed by atoms with van der Waals surface area (Å²) in [5.41, 5.74) is 8.86. The van der Waals surface area contributed by atoms with E-state index in [-0.39, 0.29) is 17.0 Å². The first kappa shape index (κ1) is 17.7. The van der Waals surface area contributed by atoms with E-state index in [1.165, 1.54) is 0 Å². The van der Waals surface area contributed by atoms with Gasteiger partial charge in [0.05, 0.1) is 24.0 Å². The molecule has 1 atom stereocenters. The monoisotopic (exact) mass is 341 g/mol. The highest BCUT2D eigenvalue weighted by atomic mass is 16.5. The van der Waals surface area contributed by atoms with Crippen molar-refractivity contribution in [2.75, 3.05) is 6.61 Å². The Balaban J connectivity index is 2.14. The maximum atomic E-state index is 13.2. The van der Waals surface area contributed by atoms with Gasteiger partial charge in [-0.05, 0) is 62.8 Å². The normalized spacial score (nSPS) is 17.0. The quantitative estimate of drug-likeness (QED) is 0.927. The van der Waals surface area contributed by atoms with Gasteiger partial charge in [-0.2, -0.15) is 0 Å². The van der Waals surface area contributed by atoms with E-state index in [0.29, 0.717) is 12.4 Å². The molecule has 3 rings (SSSR count). The predicted octanol–water partition coefficient (Wildman–Crippen LogP) is 3.17. The van der Waals surface area contributed by atoms with Gasteiger partial charge in [0.2, 0.25) is 0 Å². The third kappa shape index (κ3) is 3.47. The SMILES string of the molecule is CCOc1ccc(-n2c([C@@H](C)N)nc3c(c2=O)CCC(C)(C)C3)cc1. The fourth-order valence-electron chi connectivity index (χ4n) is 3.43. The smallest absolute Gasteiger partial charge is 0.261 e. The van der Waals surface area contributed by atoms with Crippen molar-refractivity contribution in [2.24, 2.45) is 11.1 Å². The molecule has 0 radical (unpaired) electrons. The largest absolute Gasteiger partial charge is 0.494 e. The van der Waals surface area contributed by atoms with Gasteiger partial charge in [0.1, 0.15) is 11.6 Å². The zero-order valence-corrected chi connectivity index (χ0v) is 15.5. The molecule has 1 aliphatic rings. The molecule has 2 N–H and O–H groups in total. The molecule has 25 heavy (non-hydrogen) atoms. The zero-order valence-electron chi connectivity index (χ0n) is 15.5. The van der Waals surface area contributed by atoms with Crippen LogP contribution >= 0.6 is 0 Å². The summed E-state index contributed by atoms with van der Waals surface area (Å²) < 4.78 is 7.15. The maximum Gasteiger partial charge on any atom is 0.261 e. The molecule has 0 bridgehead atoms. The summed E-state index contributed by atoms with van der Waals surface area (Å²) in [6, 6.07) is 7.20. The Bertz CT molecular complexity index is 820. The zero-order chi connectivity index (χ0) is 18.2. The Morgan fingerprint density at radius 2 is 2.00 bits per heavy atom. The minimum absolute atomic E-state index is 0.0111. The summed E-state index contributed by atoms with van der Waals surface area (Å²) in [6.07, 6.45) is 2.59. The van der Waals surface area contributed by atoms with Gasteiger partial charge in [-0.1, -0.05) is 13.8 Å². The third-order valence-corrected chi connectivity index (χ3v) is 4.80. The fraction of sp³-hybridized carbons (Fsp3) is 0.500. The van der Waals surface area contributed by atoms with Gasteiger partial charge < -0.3 is 10.5 Å². The first-order valence-electron chi connectivity index (χ1n) is 8.96. The molecule has 0 amide bonds. The van der Waals surface area contributed by atoms with E-state index in [1.54, 1.807) is 4.57 Å². The third-order valence-electron chi connectivity index (χ3n) is 4.80. The average molecular weight is 341 g/mol. The number of benzene rings is 1. The first-order chi connectivity index (χ1) is 11.8. The lowest BCUT2D eigenvalue weighted by molar-refractivity contribution is 0.307. The Morgan fingerprint density at radius 3 is 2.60 bits per heavy atom. The summed E-state index contributed by atoms with van der Waals surface area (Å²) >= 11 is 0. The van der Waals surface area contributed by atoms with E-state index in [4.69, 9.17) is 15.5 Å². The van der Waals surface area contributed by atoms with E-state index < -0.39 is 0 Å². The molecule has 2 aromatic rings. The summed E-state index contributed by atoms with van der Waals surface area (Å²) in [6.45, 7) is 8.87. The van der Waals surface area contributed by atoms with Crippen molar-refractivity contribution in [3.63, 3.8) is 0 Å². The summed E-state index contributed by atoms with van der Waals surface area (Å²) in [7, 11) is 0. The van der Waals surface area contributed by atoms with Crippen LogP contribution in [0.15, 0.2) is 29.1 Å². The number of fused-ring (bicyclic) bond motifs is 1. The number of hydrogen-bond donors (Lipinski definition) is 1. The van der Waals surface area contributed by atoms with Crippen molar-refractivity contribution in [1.29, 1.82) is 0 Å². The predicted molar refractivity (Wildman–Crippen MR) is 99.4 cm³/mol. The van der Waals surface area contributed by atoms with Gasteiger partial charge >= 0.3 is 0 Å². The second kappa shape index (κ2) is 6.64. The van der Waals surface area contributed by atoms with Crippen LogP contribution in [-0.2, 0) is 12.8 Å². The molecule has 0 spiro atoms. The molecule has 0 saturated heterocycles. The lowest BCUT2D eigenvalue weighted by atomic mass is 9.76. The lowest BCUT2D eigenvalue weighted by Crippen LogP contribution is -2.36. The number of rotatable bonds is 4. The number of hydrogen-bond acceptors (Lipinski definition) is 4. The van der Waals surface area contributed by atoms with Crippen LogP contribution in [0, 0.1) is 5.41 Å². The van der Waals surface area contributed by atoms with E-state index in [9.17, 15) is 4.79 Å². The second-order valence-corrected chi connectivity index (χ2v) is 7.59. The van der Waals surface area contributed by atoms with Crippen molar-refractivity contribution in [1.82, 2.24) is 9.55 Å². The van der Waals surface area contributed by atoms with Crippen LogP contribution in [0.5, 0.6) is 5.75 Å². The Labute approximate surface area is 148 Å². The van der Waals surface area contributed by atoms with E-state index in [1.807, 2.05) is 38.1 Å². The molecule has 1 aromatic carbocycles. The van der Waals surface area contributed by atoms with Gasteiger partial charge in [0.25, 0.3) is 5.56 Å². The molecule has 0 unspecified atom stereocenters. The van der Waals surface area contributed by atoms with E-state index in [0.717, 1.165) is 42.0 Å². The Morgan fingerprint density at radius 1 is 1.32 bits per heavy atom. The van der Waals surface area contributed by atoms with Gasteiger partial charge in [-0.25, -0.2) is 4.98 Å². The molecule has 134 valence electrons. The second-order valence-electron chi connectivity index (χ2n) is 7.59. The molecule has 1 aromatic heterocycles. The molecule has 1 aliphatic carbocycles. The van der Waals surface area contributed by atoms with E-state index >= 15 is 0 Å². The molecule has 5 heteroatoms. The van der Waals surface area contributed by atoms with Crippen LogP contribution in [0.4, 0.5) is 0 Å². The molecular formula is C20H27N3O2. The topological polar surface area (TPSA) is 70.1 Å². The molecule has 0 aliphatic heterocycles. The molecule has 0 saturated carbocycles. The van der Waals surface area contributed by atoms with Crippen molar-refractivity contribution in [3.8, 4) is 11.4 Å². The maximum absolute atomic E-state index is 13.2. The number of aromatic nitrogens is 2. The van der Waals surface area contributed by atoms with Crippen LogP contribution in [0.2, 0.25) is 0 Å². The number of nitrogens with zero attached hydrogens (tertiary/aromatic N) is 2. The highest BCUT2D eigenvalue weighted by Crippen LogP contribution is 2.33. The Hall–Kier alpha value is -2.14. The molecule has 5 nitrogen and oxygen atoms in total. The highest BCUT2D eigenvalue weighted by Gasteiger charge is 2.30. The van der Waals surface area contributed by atoms with Gasteiger partial charge in [0, 0.05) is 5.56 Å². The minimum atomic E-state index is -0.324. The van der Waals surface area contributed by atoms with Gasteiger partial charge in [-0.15, -0.1) is 0 Å². The summed E-state index contributed by atoms with van der Waals surface area (Å²) in [4.78, 5) is 18.0. The van der Waals surface area contributed by atoms with Crippen molar-refractivity contribution >= 4 is 0 Å². The van der Waals surface area contributed by atoms with Crippen LogP contribution in [0.3, 0.4) is 0 Å². The van der Waals surface area contributed by atoms with E-state index in [2.05, 4.69) is 13.8 Å². The summed E-state index contributed by atoms with van der Waals surface area (Å²) in [5.74, 6) is 1.40. The lowest BCUT2D eigenvalue weighted by Gasteiger charge is -2.31. The van der Waals surface area contributed by atoms with Crippen LogP contribution in [0.1, 0.15) is 57.2 Å². The molecule has 0 fully saturated rings. The van der Waals surface area contributed by atoms with Crippen molar-refractivity contribution in [2.45, 2.75) is 53.0 Å². The van der Waals surface area contributed by atoms with Crippen LogP contribution < -0.4 is 16.0 Å². The van der Waals surface area contributed by atoms with Crippen LogP contribution in [0.25, 0.3) is 5.69 Å². The van der Waals surface area contributed by atoms with Crippen molar-refractivity contribution < 1.29 is 4.74 Å². The molecular weight excluding hydrogens is 314 g/mol. The fourth-order valence-corrected chi connectivity index (χ4v) is 3.43. The summed E-state index contributed by atoms with van der Waals surface area (Å²) in [5, 5.41) is 0. The standard InChI is InChI=1S/C20H27N3O2/c1-5-25-15-8-6-14(7-9-15)23-18(13(2)21)22-17-12-20(3,4)11-10-16(17)19(23)24/h6-9,13H,5,10-12,21H2,1-4H3/t13-/m1/s1. The van der Waals surface area contributed by atoms with Crippen molar-refractivity contribution in [3.05, 3.63) is 51.7 Å². The number of ether oxygens (including phenoxy) is 1. The van der Waals surface area contributed by atoms with Gasteiger partial charge in [-0.3, -0.25) is 9.36 Å². The molecule has 1 heterocycles. The first-order valence-corrected chi connectivity index (χ1v) is 8.96. The van der Waals surface area contributed by atoms with Gasteiger partial charge in [0.15, 0.2) is 0 Å². The average Bonchev–Trinajstić information content (AvgIpc) is 2.54. The highest BCUT2D eigenvalue weighted by molar-refractivity contribution is 5.40. The Kier molecular flexibility index (Phi) is 4.69.